The summed E-state index contributed by atoms with van der Waals surface area (Å²) in [6, 6.07) is 9.39. The summed E-state index contributed by atoms with van der Waals surface area (Å²) in [5.41, 5.74) is 0. The van der Waals surface area contributed by atoms with Crippen molar-refractivity contribution in [2.24, 2.45) is 0 Å². The van der Waals surface area contributed by atoms with Crippen molar-refractivity contribution in [2.45, 2.75) is 0 Å². The van der Waals surface area contributed by atoms with E-state index in [1.165, 1.54) is 0 Å². The maximum absolute atomic E-state index is 8.58. The molecule has 0 saturated heterocycles. The van der Waals surface area contributed by atoms with E-state index >= 15 is 0 Å². The van der Waals surface area contributed by atoms with E-state index in [2.05, 4.69) is 6.07 Å². The summed E-state index contributed by atoms with van der Waals surface area (Å²) >= 11 is 0. The number of para-hydroxylation sites is 1. The molecular formula is C6H5OPr-. The van der Waals surface area contributed by atoms with E-state index in [0.29, 0.717) is 0 Å². The van der Waals surface area contributed by atoms with Gasteiger partial charge >= 0.3 is 0 Å². The van der Waals surface area contributed by atoms with Crippen molar-refractivity contribution in [1.82, 2.24) is 0 Å². The molecule has 0 heterocycles. The van der Waals surface area contributed by atoms with Gasteiger partial charge in [-0.3, -0.25) is 0 Å². The number of rotatable bonds is 0. The maximum Gasteiger partial charge on any atom is 0.00397 e. The van der Waals surface area contributed by atoms with Crippen LogP contribution in [0.4, 0.5) is 0 Å². The van der Waals surface area contributed by atoms with Gasteiger partial charge in [0.25, 0.3) is 0 Å². The Bertz CT molecular complexity index is 138. The molecule has 0 bridgehead atoms. The molecule has 2 heteroatoms. The van der Waals surface area contributed by atoms with Crippen molar-refractivity contribution in [1.29, 1.82) is 0 Å². The van der Waals surface area contributed by atoms with E-state index in [9.17, 15) is 0 Å². The van der Waals surface area contributed by atoms with Gasteiger partial charge < -0.3 is 5.11 Å². The van der Waals surface area contributed by atoms with Gasteiger partial charge in [0.2, 0.25) is 0 Å². The molecule has 1 nitrogen and oxygen atoms in total. The number of phenolic OH excluding ortho intramolecular Hbond substituents is 1. The Hall–Kier alpha value is 0.384. The van der Waals surface area contributed by atoms with Crippen LogP contribution in [-0.4, -0.2) is 5.11 Å². The average Bonchev–Trinajstić information content (AvgIpc) is 1.69. The summed E-state index contributed by atoms with van der Waals surface area (Å²) in [6.45, 7) is 0. The van der Waals surface area contributed by atoms with Gasteiger partial charge in [-0.25, -0.2) is 0 Å². The van der Waals surface area contributed by atoms with E-state index in [-0.39, 0.29) is 47.0 Å². The van der Waals surface area contributed by atoms with E-state index in [0.717, 1.165) is 0 Å². The average molecular weight is 234 g/mol. The second-order valence-electron chi connectivity index (χ2n) is 1.25. The Labute approximate surface area is 81.7 Å². The number of hydrogen-bond donors (Lipinski definition) is 1. The van der Waals surface area contributed by atoms with E-state index in [4.69, 9.17) is 5.11 Å². The molecule has 0 spiro atoms. The molecule has 39 valence electrons. The first-order valence-electron chi connectivity index (χ1n) is 2.05. The zero-order valence-electron chi connectivity index (χ0n) is 4.33. The monoisotopic (exact) mass is 234 g/mol. The van der Waals surface area contributed by atoms with E-state index < -0.39 is 0 Å². The van der Waals surface area contributed by atoms with Crippen molar-refractivity contribution in [3.8, 4) is 5.75 Å². The summed E-state index contributed by atoms with van der Waals surface area (Å²) in [4.78, 5) is 0. The quantitative estimate of drug-likeness (QED) is 0.668. The van der Waals surface area contributed by atoms with Gasteiger partial charge in [-0.05, 0) is 0 Å². The summed E-state index contributed by atoms with van der Waals surface area (Å²) in [5.74, 6) is 0.197. The molecule has 0 aliphatic heterocycles. The standard InChI is InChI=1S/C6H5O.Pr/c7-6-4-2-1-3-5-6;/h1-4,7H;/q-1;. The van der Waals surface area contributed by atoms with Gasteiger partial charge in [-0.15, -0.1) is 12.1 Å². The summed E-state index contributed by atoms with van der Waals surface area (Å²) in [6.07, 6.45) is 0. The molecule has 1 rings (SSSR count). The Morgan fingerprint density at radius 2 is 2.12 bits per heavy atom. The molecule has 1 radical (unpaired) electrons. The zero-order chi connectivity index (χ0) is 5.11. The minimum absolute atomic E-state index is 0. The maximum atomic E-state index is 8.58. The van der Waals surface area contributed by atoms with Crippen LogP contribution in [0.3, 0.4) is 0 Å². The van der Waals surface area contributed by atoms with Gasteiger partial charge in [0.1, 0.15) is 0 Å². The fourth-order valence-corrected chi connectivity index (χ4v) is 0.384. The molecule has 0 fully saturated rings. The fourth-order valence-electron chi connectivity index (χ4n) is 0.384. The van der Waals surface area contributed by atoms with Crippen LogP contribution in [0.15, 0.2) is 24.3 Å². The number of hydrogen-bond acceptors (Lipinski definition) is 1. The Balaban J connectivity index is 0.000000490. The molecule has 0 aliphatic rings. The molecule has 0 aromatic heterocycles. The summed E-state index contributed by atoms with van der Waals surface area (Å²) < 4.78 is 0. The first kappa shape index (κ1) is 8.38. The Kier molecular flexibility index (Phi) is 4.49. The van der Waals surface area contributed by atoms with Crippen LogP contribution in [0.2, 0.25) is 0 Å². The minimum Gasteiger partial charge on any atom is -0.534 e. The first-order chi connectivity index (χ1) is 3.39. The van der Waals surface area contributed by atoms with Crippen LogP contribution in [0.1, 0.15) is 0 Å². The molecule has 0 saturated carbocycles. The SMILES string of the molecule is Oc1[c-]cccc1.[Pr]. The summed E-state index contributed by atoms with van der Waals surface area (Å²) in [7, 11) is 0. The number of benzene rings is 1. The fraction of sp³-hybridized carbons (Fsp3) is 0. The molecule has 1 aromatic rings. The zero-order valence-corrected chi connectivity index (χ0v) is 8.04. The van der Waals surface area contributed by atoms with Crippen molar-refractivity contribution in [3.63, 3.8) is 0 Å². The number of aromatic hydroxyl groups is 1. The third-order valence-electron chi connectivity index (χ3n) is 0.693. The third kappa shape index (κ3) is 2.63. The van der Waals surface area contributed by atoms with Crippen molar-refractivity contribution in [3.05, 3.63) is 30.3 Å². The van der Waals surface area contributed by atoms with Gasteiger partial charge in [0, 0.05) is 47.0 Å². The normalized spacial score (nSPS) is 7.50. The van der Waals surface area contributed by atoms with Crippen LogP contribution in [0.5, 0.6) is 5.75 Å². The van der Waals surface area contributed by atoms with Crippen LogP contribution in [-0.2, 0) is 0 Å². The molecular weight excluding hydrogens is 229 g/mol. The molecule has 0 unspecified atom stereocenters. The van der Waals surface area contributed by atoms with Crippen LogP contribution in [0, 0.1) is 47.4 Å². The molecule has 0 aliphatic carbocycles. The van der Waals surface area contributed by atoms with Crippen molar-refractivity contribution in [2.75, 3.05) is 0 Å². The number of phenols is 1. The molecule has 1 N–H and O–H groups in total. The van der Waals surface area contributed by atoms with Crippen LogP contribution in [0.25, 0.3) is 0 Å². The second-order valence-corrected chi connectivity index (χ2v) is 1.25. The molecule has 8 heavy (non-hydrogen) atoms. The van der Waals surface area contributed by atoms with Crippen molar-refractivity contribution >= 4 is 0 Å². The van der Waals surface area contributed by atoms with Gasteiger partial charge in [0.15, 0.2) is 0 Å². The van der Waals surface area contributed by atoms with E-state index in [1.54, 1.807) is 24.3 Å². The van der Waals surface area contributed by atoms with Gasteiger partial charge in [-0.1, -0.05) is 0 Å². The topological polar surface area (TPSA) is 20.2 Å². The van der Waals surface area contributed by atoms with E-state index in [1.807, 2.05) is 0 Å². The molecule has 0 atom stereocenters. The summed E-state index contributed by atoms with van der Waals surface area (Å²) in [5, 5.41) is 8.58. The molecule has 0 amide bonds. The first-order valence-corrected chi connectivity index (χ1v) is 2.05. The Morgan fingerprint density at radius 3 is 2.38 bits per heavy atom. The van der Waals surface area contributed by atoms with Gasteiger partial charge in [-0.2, -0.15) is 18.2 Å². The second kappa shape index (κ2) is 4.28. The van der Waals surface area contributed by atoms with Crippen LogP contribution < -0.4 is 0 Å². The molecule has 1 aromatic carbocycles. The largest absolute Gasteiger partial charge is 0.534 e. The van der Waals surface area contributed by atoms with Crippen LogP contribution >= 0.6 is 0 Å². The van der Waals surface area contributed by atoms with Gasteiger partial charge in [0.05, 0.1) is 0 Å². The smallest absolute Gasteiger partial charge is 0.00397 e. The Morgan fingerprint density at radius 1 is 1.38 bits per heavy atom. The predicted molar refractivity (Wildman–Crippen MR) is 26.9 cm³/mol. The van der Waals surface area contributed by atoms with Crippen molar-refractivity contribution < 1.29 is 46.4 Å². The third-order valence-corrected chi connectivity index (χ3v) is 0.693. The predicted octanol–water partition coefficient (Wildman–Crippen LogP) is 1.19. The minimum atomic E-state index is 0.